The van der Waals surface area contributed by atoms with Crippen molar-refractivity contribution >= 4 is 48.7 Å². The molecular formula is C31H66BN7O7Si2. The summed E-state index contributed by atoms with van der Waals surface area (Å²) in [5, 5.41) is 19.9. The molecule has 0 bridgehead atoms. The smallest absolute Gasteiger partial charge is 0.408 e. The average molecular weight is 716 g/mol. The molecule has 3 unspecified atom stereocenters. The molecule has 0 saturated carbocycles. The monoisotopic (exact) mass is 715 g/mol. The summed E-state index contributed by atoms with van der Waals surface area (Å²) in [5.41, 5.74) is 0.944. The average Bonchev–Trinajstić information content (AvgIpc) is 2.98. The third-order valence-electron chi connectivity index (χ3n) is 7.14. The van der Waals surface area contributed by atoms with Crippen molar-refractivity contribution in [1.82, 2.24) is 37.2 Å². The maximum Gasteiger partial charge on any atom is 0.408 e. The Morgan fingerprint density at radius 2 is 1.23 bits per heavy atom. The van der Waals surface area contributed by atoms with Crippen molar-refractivity contribution in [2.24, 2.45) is 0 Å². The summed E-state index contributed by atoms with van der Waals surface area (Å²) >= 11 is 0. The van der Waals surface area contributed by atoms with Gasteiger partial charge >= 0.3 is 24.2 Å². The van der Waals surface area contributed by atoms with Gasteiger partial charge in [-0.15, -0.1) is 0 Å². The van der Waals surface area contributed by atoms with Gasteiger partial charge in [0.25, 0.3) is 0 Å². The number of rotatable bonds is 25. The lowest BCUT2D eigenvalue weighted by atomic mass is 10.0. The Bertz CT molecular complexity index is 980. The van der Waals surface area contributed by atoms with Crippen LogP contribution in [0.1, 0.15) is 85.0 Å². The van der Waals surface area contributed by atoms with Crippen molar-refractivity contribution in [3.05, 3.63) is 12.2 Å². The fourth-order valence-corrected chi connectivity index (χ4v) is 12.3. The number of alkyl carbamates (subject to hydrolysis) is 2. The fraction of sp³-hybridized carbons (Fsp3) is 0.806. The molecule has 0 heterocycles. The molecule has 17 heteroatoms. The maximum absolute atomic E-state index is 12.5. The zero-order valence-electron chi connectivity index (χ0n) is 31.2. The first-order valence-electron chi connectivity index (χ1n) is 17.5. The highest BCUT2D eigenvalue weighted by molar-refractivity contribution is 6.84. The molecule has 0 fully saturated rings. The summed E-state index contributed by atoms with van der Waals surface area (Å²) in [7, 11) is -1.39. The van der Waals surface area contributed by atoms with E-state index in [1.807, 2.05) is 41.0 Å². The summed E-state index contributed by atoms with van der Waals surface area (Å²) in [4.78, 5) is 48.6. The Morgan fingerprint density at radius 1 is 0.688 bits per heavy atom. The van der Waals surface area contributed by atoms with Crippen LogP contribution >= 0.6 is 0 Å². The number of nitrogens with one attached hydrogen (secondary N) is 7. The van der Waals surface area contributed by atoms with Crippen LogP contribution in [0.2, 0.25) is 26.2 Å². The van der Waals surface area contributed by atoms with E-state index < -0.39 is 35.0 Å². The Hall–Kier alpha value is -2.92. The number of ether oxygens (including phenoxy) is 2. The zero-order valence-corrected chi connectivity index (χ0v) is 33.2. The minimum absolute atomic E-state index is 0.0880. The quantitative estimate of drug-likeness (QED) is 0.0423. The highest BCUT2D eigenvalue weighted by atomic mass is 28.4. The normalized spacial score (nSPS) is 13.2. The summed E-state index contributed by atoms with van der Waals surface area (Å²) in [6.45, 7) is 19.0. The molecule has 278 valence electrons. The maximum atomic E-state index is 12.5. The van der Waals surface area contributed by atoms with Gasteiger partial charge in [0.15, 0.2) is 7.85 Å². The van der Waals surface area contributed by atoms with Gasteiger partial charge in [0.2, 0.25) is 16.6 Å². The third-order valence-corrected chi connectivity index (χ3v) is 13.2. The van der Waals surface area contributed by atoms with E-state index in [1.165, 1.54) is 7.05 Å². The molecule has 14 nitrogen and oxygen atoms in total. The lowest BCUT2D eigenvalue weighted by Gasteiger charge is -2.33. The van der Waals surface area contributed by atoms with Gasteiger partial charge < -0.3 is 50.8 Å². The van der Waals surface area contributed by atoms with Gasteiger partial charge in [-0.3, -0.25) is 0 Å². The van der Waals surface area contributed by atoms with E-state index in [1.54, 1.807) is 0 Å². The number of carbonyl (C=O) groups excluding carboxylic acids is 4. The van der Waals surface area contributed by atoms with Crippen molar-refractivity contribution in [3.63, 3.8) is 0 Å². The molecule has 0 rings (SSSR count). The van der Waals surface area contributed by atoms with Crippen LogP contribution in [0, 0.1) is 0 Å². The second kappa shape index (κ2) is 25.1. The molecule has 7 N–H and O–H groups in total. The zero-order chi connectivity index (χ0) is 36.6. The minimum Gasteiger partial charge on any atom is -0.451 e. The van der Waals surface area contributed by atoms with Crippen LogP contribution in [0.25, 0.3) is 0 Å². The molecule has 0 aliphatic rings. The van der Waals surface area contributed by atoms with Gasteiger partial charge in [-0.1, -0.05) is 39.2 Å². The number of urea groups is 2. The van der Waals surface area contributed by atoms with Crippen LogP contribution in [0.5, 0.6) is 0 Å². The molecule has 0 aliphatic heterocycles. The van der Waals surface area contributed by atoms with Gasteiger partial charge in [-0.25, -0.2) is 19.2 Å². The number of amides is 6. The second-order valence-electron chi connectivity index (χ2n) is 13.7. The highest BCUT2D eigenvalue weighted by Crippen LogP contribution is 2.16. The molecule has 0 aromatic rings. The van der Waals surface area contributed by atoms with Gasteiger partial charge in [0.05, 0.1) is 0 Å². The molecule has 0 saturated heterocycles. The standard InChI is InChI=1S/C31H66BN7O7Si2/c1-10-11-14-17-27(38-28(40)33-5)39-31(43)45-23-48(8,9)46-47(6,7)22-44-30(42)35-21-16-13-12-15-20-34-29(41)37-25(3)19-18-24(2)36-26(4)32/h24-25,27,36H,4,10-23,32H2,1-3,5-9H3,(H,35,42)(H,39,43)(H2,33,38,40)(H2,34,37,41). The molecule has 0 aromatic carbocycles. The Balaban J connectivity index is 4.19. The minimum atomic E-state index is -2.44. The predicted octanol–water partition coefficient (Wildman–Crippen LogP) is 3.89. The van der Waals surface area contributed by atoms with E-state index in [0.29, 0.717) is 25.6 Å². The topological polar surface area (TPSA) is 180 Å². The van der Waals surface area contributed by atoms with E-state index in [2.05, 4.69) is 57.6 Å². The number of hydrogen-bond donors (Lipinski definition) is 7. The van der Waals surface area contributed by atoms with Gasteiger partial charge in [0, 0.05) is 32.2 Å². The molecule has 0 aliphatic carbocycles. The number of unbranched alkanes of at least 4 members (excludes halogenated alkanes) is 5. The SMILES string of the molecule is BC(=C)NC(C)CCC(C)NC(=O)NCCCCCCNC(=O)OC[Si](C)(C)O[Si](C)(C)COC(=O)NC(CCCCC)NC(=O)NC. The number of carbonyl (C=O) groups is 4. The lowest BCUT2D eigenvalue weighted by Crippen LogP contribution is -2.53. The van der Waals surface area contributed by atoms with Crippen molar-refractivity contribution in [2.75, 3.05) is 32.6 Å². The third kappa shape index (κ3) is 26.1. The number of hydrogen-bond acceptors (Lipinski definition) is 8. The Kier molecular flexibility index (Phi) is 23.6. The fourth-order valence-electron chi connectivity index (χ4n) is 4.87. The molecule has 0 spiro atoms. The summed E-state index contributed by atoms with van der Waals surface area (Å²) in [6.07, 6.45) is 7.49. The van der Waals surface area contributed by atoms with E-state index in [4.69, 9.17) is 13.6 Å². The van der Waals surface area contributed by atoms with Crippen molar-refractivity contribution in [1.29, 1.82) is 0 Å². The molecule has 6 amide bonds. The van der Waals surface area contributed by atoms with Gasteiger partial charge in [0.1, 0.15) is 18.6 Å². The van der Waals surface area contributed by atoms with Crippen molar-refractivity contribution in [3.8, 4) is 0 Å². The van der Waals surface area contributed by atoms with Crippen LogP contribution in [-0.2, 0) is 13.6 Å². The van der Waals surface area contributed by atoms with Crippen LogP contribution < -0.4 is 37.2 Å². The van der Waals surface area contributed by atoms with Gasteiger partial charge in [-0.2, -0.15) is 0 Å². The molecule has 0 radical (unpaired) electrons. The van der Waals surface area contributed by atoms with Crippen LogP contribution in [0.4, 0.5) is 19.2 Å². The van der Waals surface area contributed by atoms with E-state index in [0.717, 1.165) is 63.4 Å². The molecule has 0 aromatic heterocycles. The van der Waals surface area contributed by atoms with E-state index >= 15 is 0 Å². The van der Waals surface area contributed by atoms with E-state index in [9.17, 15) is 19.2 Å². The predicted molar refractivity (Wildman–Crippen MR) is 199 cm³/mol. The van der Waals surface area contributed by atoms with Crippen LogP contribution in [-0.4, -0.2) is 99.6 Å². The first kappa shape index (κ1) is 45.1. The first-order chi connectivity index (χ1) is 22.5. The Morgan fingerprint density at radius 3 is 1.77 bits per heavy atom. The Labute approximate surface area is 292 Å². The lowest BCUT2D eigenvalue weighted by molar-refractivity contribution is 0.150. The van der Waals surface area contributed by atoms with Gasteiger partial charge in [-0.05, 0) is 84.2 Å². The summed E-state index contributed by atoms with van der Waals surface area (Å²) in [5.74, 6) is 0. The summed E-state index contributed by atoms with van der Waals surface area (Å²) < 4.78 is 17.3. The molecule has 48 heavy (non-hydrogen) atoms. The van der Waals surface area contributed by atoms with Crippen molar-refractivity contribution in [2.45, 2.75) is 129 Å². The second-order valence-corrected chi connectivity index (χ2v) is 22.2. The largest absolute Gasteiger partial charge is 0.451 e. The van der Waals surface area contributed by atoms with Crippen LogP contribution in [0.15, 0.2) is 12.2 Å². The van der Waals surface area contributed by atoms with Crippen molar-refractivity contribution < 1.29 is 32.8 Å². The summed E-state index contributed by atoms with van der Waals surface area (Å²) in [6, 6.07) is -0.116. The molecule has 3 atom stereocenters. The van der Waals surface area contributed by atoms with E-state index in [-0.39, 0.29) is 30.6 Å². The first-order valence-corrected chi connectivity index (χ1v) is 23.7. The van der Waals surface area contributed by atoms with Crippen LogP contribution in [0.3, 0.4) is 0 Å². The molecular weight excluding hydrogens is 649 g/mol. The highest BCUT2D eigenvalue weighted by Gasteiger charge is 2.36.